The Morgan fingerprint density at radius 3 is 2.81 bits per heavy atom. The standard InChI is InChI=1S/C13H17ClN2O4S/c1-8-5-9(6-11(12(8)14)21(15,18)19)13(17)16-7-10-3-2-4-20-10/h5-6,10H,2-4,7H2,1H3,(H,16,17)(H2,15,18,19). The summed E-state index contributed by atoms with van der Waals surface area (Å²) in [5.41, 5.74) is 0.685. The predicted molar refractivity (Wildman–Crippen MR) is 78.9 cm³/mol. The molecule has 1 amide bonds. The van der Waals surface area contributed by atoms with Crippen molar-refractivity contribution in [2.45, 2.75) is 30.8 Å². The number of rotatable bonds is 4. The van der Waals surface area contributed by atoms with E-state index >= 15 is 0 Å². The van der Waals surface area contributed by atoms with Crippen LogP contribution in [-0.2, 0) is 14.8 Å². The second-order valence-electron chi connectivity index (χ2n) is 5.00. The van der Waals surface area contributed by atoms with Gasteiger partial charge in [0.2, 0.25) is 10.0 Å². The van der Waals surface area contributed by atoms with Crippen LogP contribution in [0.5, 0.6) is 0 Å². The van der Waals surface area contributed by atoms with Crippen LogP contribution in [0.3, 0.4) is 0 Å². The van der Waals surface area contributed by atoms with Crippen LogP contribution in [0.2, 0.25) is 5.02 Å². The summed E-state index contributed by atoms with van der Waals surface area (Å²) in [7, 11) is -3.98. The number of aryl methyl sites for hydroxylation is 1. The van der Waals surface area contributed by atoms with E-state index in [4.69, 9.17) is 21.5 Å². The van der Waals surface area contributed by atoms with Gasteiger partial charge >= 0.3 is 0 Å². The van der Waals surface area contributed by atoms with Crippen molar-refractivity contribution in [3.63, 3.8) is 0 Å². The van der Waals surface area contributed by atoms with Crippen LogP contribution in [0.1, 0.15) is 28.8 Å². The molecule has 1 aromatic carbocycles. The number of amides is 1. The molecule has 1 saturated heterocycles. The first-order valence-corrected chi connectivity index (χ1v) is 8.44. The first kappa shape index (κ1) is 16.2. The number of nitrogens with one attached hydrogen (secondary N) is 1. The van der Waals surface area contributed by atoms with Crippen LogP contribution in [0.25, 0.3) is 0 Å². The van der Waals surface area contributed by atoms with Gasteiger partial charge in [0, 0.05) is 18.7 Å². The predicted octanol–water partition coefficient (Wildman–Crippen LogP) is 1.20. The van der Waals surface area contributed by atoms with Gasteiger partial charge in [-0.1, -0.05) is 11.6 Å². The Kier molecular flexibility index (Phi) is 4.88. The zero-order valence-electron chi connectivity index (χ0n) is 11.6. The Bertz CT molecular complexity index is 654. The number of benzene rings is 1. The molecule has 1 fully saturated rings. The number of sulfonamides is 1. The van der Waals surface area contributed by atoms with Crippen LogP contribution in [0, 0.1) is 6.92 Å². The van der Waals surface area contributed by atoms with E-state index in [1.807, 2.05) is 0 Å². The molecule has 0 saturated carbocycles. The van der Waals surface area contributed by atoms with E-state index in [0.717, 1.165) is 12.8 Å². The molecule has 1 unspecified atom stereocenters. The molecule has 1 heterocycles. The highest BCUT2D eigenvalue weighted by atomic mass is 35.5. The van der Waals surface area contributed by atoms with Gasteiger partial charge in [-0.05, 0) is 37.5 Å². The summed E-state index contributed by atoms with van der Waals surface area (Å²) in [6.45, 7) is 2.72. The molecular weight excluding hydrogens is 316 g/mol. The fourth-order valence-electron chi connectivity index (χ4n) is 2.19. The molecule has 0 radical (unpaired) electrons. The zero-order valence-corrected chi connectivity index (χ0v) is 13.1. The van der Waals surface area contributed by atoms with E-state index in [0.29, 0.717) is 18.7 Å². The summed E-state index contributed by atoms with van der Waals surface area (Å²) in [5, 5.41) is 7.86. The molecule has 1 aliphatic rings. The number of primary sulfonamides is 1. The molecule has 0 aromatic heterocycles. The van der Waals surface area contributed by atoms with Crippen molar-refractivity contribution in [3.8, 4) is 0 Å². The lowest BCUT2D eigenvalue weighted by atomic mass is 10.1. The number of carbonyl (C=O) groups is 1. The van der Waals surface area contributed by atoms with Gasteiger partial charge in [-0.15, -0.1) is 0 Å². The average Bonchev–Trinajstić information content (AvgIpc) is 2.90. The van der Waals surface area contributed by atoms with Gasteiger partial charge < -0.3 is 10.1 Å². The van der Waals surface area contributed by atoms with Gasteiger partial charge in [-0.25, -0.2) is 13.6 Å². The van der Waals surface area contributed by atoms with Gasteiger partial charge in [0.15, 0.2) is 0 Å². The van der Waals surface area contributed by atoms with E-state index in [1.54, 1.807) is 6.92 Å². The second kappa shape index (κ2) is 6.31. The van der Waals surface area contributed by atoms with Crippen molar-refractivity contribution < 1.29 is 17.9 Å². The molecule has 0 spiro atoms. The first-order chi connectivity index (χ1) is 9.79. The van der Waals surface area contributed by atoms with E-state index < -0.39 is 10.0 Å². The van der Waals surface area contributed by atoms with Gasteiger partial charge in [-0.3, -0.25) is 4.79 Å². The Morgan fingerprint density at radius 2 is 2.24 bits per heavy atom. The van der Waals surface area contributed by atoms with Crippen LogP contribution in [-0.4, -0.2) is 33.6 Å². The molecule has 116 valence electrons. The minimum atomic E-state index is -3.98. The summed E-state index contributed by atoms with van der Waals surface area (Å²) in [6, 6.07) is 2.72. The highest BCUT2D eigenvalue weighted by Crippen LogP contribution is 2.26. The normalized spacial score (nSPS) is 18.7. The van der Waals surface area contributed by atoms with Crippen molar-refractivity contribution in [1.82, 2.24) is 5.32 Å². The molecule has 1 aromatic rings. The smallest absolute Gasteiger partial charge is 0.251 e. The van der Waals surface area contributed by atoms with Crippen LogP contribution < -0.4 is 10.5 Å². The Labute approximate surface area is 128 Å². The lowest BCUT2D eigenvalue weighted by Crippen LogP contribution is -2.32. The molecule has 1 aliphatic heterocycles. The van der Waals surface area contributed by atoms with Crippen LogP contribution in [0.4, 0.5) is 0 Å². The maximum atomic E-state index is 12.1. The lowest BCUT2D eigenvalue weighted by molar-refractivity contribution is 0.0857. The van der Waals surface area contributed by atoms with Crippen LogP contribution in [0.15, 0.2) is 17.0 Å². The summed E-state index contributed by atoms with van der Waals surface area (Å²) in [4.78, 5) is 11.9. The van der Waals surface area contributed by atoms with Crippen LogP contribution >= 0.6 is 11.6 Å². The number of hydrogen-bond donors (Lipinski definition) is 2. The summed E-state index contributed by atoms with van der Waals surface area (Å²) in [6.07, 6.45) is 1.90. The summed E-state index contributed by atoms with van der Waals surface area (Å²) >= 11 is 5.92. The van der Waals surface area contributed by atoms with Gasteiger partial charge in [0.05, 0.1) is 11.1 Å². The molecule has 3 N–H and O–H groups in total. The SMILES string of the molecule is Cc1cc(C(=O)NCC2CCCO2)cc(S(N)(=O)=O)c1Cl. The van der Waals surface area contributed by atoms with Crippen molar-refractivity contribution >= 4 is 27.5 Å². The summed E-state index contributed by atoms with van der Waals surface area (Å²) in [5.74, 6) is -0.379. The number of carbonyl (C=O) groups excluding carboxylic acids is 1. The lowest BCUT2D eigenvalue weighted by Gasteiger charge is -2.12. The number of nitrogens with two attached hydrogens (primary N) is 1. The summed E-state index contributed by atoms with van der Waals surface area (Å²) < 4.78 is 28.4. The highest BCUT2D eigenvalue weighted by molar-refractivity contribution is 7.89. The van der Waals surface area contributed by atoms with Gasteiger partial charge in [-0.2, -0.15) is 0 Å². The maximum Gasteiger partial charge on any atom is 0.251 e. The van der Waals surface area contributed by atoms with Crippen molar-refractivity contribution in [3.05, 3.63) is 28.3 Å². The average molecular weight is 333 g/mol. The Balaban J connectivity index is 2.19. The molecule has 0 bridgehead atoms. The van der Waals surface area contributed by atoms with Crippen molar-refractivity contribution in [1.29, 1.82) is 0 Å². The second-order valence-corrected chi connectivity index (χ2v) is 6.90. The minimum Gasteiger partial charge on any atom is -0.376 e. The quantitative estimate of drug-likeness (QED) is 0.865. The molecule has 6 nitrogen and oxygen atoms in total. The molecule has 21 heavy (non-hydrogen) atoms. The minimum absolute atomic E-state index is 0.0139. The van der Waals surface area contributed by atoms with Gasteiger partial charge in [0.25, 0.3) is 5.91 Å². The monoisotopic (exact) mass is 332 g/mol. The molecule has 0 aliphatic carbocycles. The Morgan fingerprint density at radius 1 is 1.52 bits per heavy atom. The van der Waals surface area contributed by atoms with Gasteiger partial charge in [0.1, 0.15) is 4.90 Å². The van der Waals surface area contributed by atoms with Crippen molar-refractivity contribution in [2.75, 3.05) is 13.2 Å². The number of ether oxygens (including phenoxy) is 1. The first-order valence-electron chi connectivity index (χ1n) is 6.52. The maximum absolute atomic E-state index is 12.1. The third-order valence-electron chi connectivity index (χ3n) is 3.30. The molecule has 8 heteroatoms. The number of halogens is 1. The number of hydrogen-bond acceptors (Lipinski definition) is 4. The van der Waals surface area contributed by atoms with E-state index in [2.05, 4.69) is 5.32 Å². The molecule has 2 rings (SSSR count). The van der Waals surface area contributed by atoms with E-state index in [1.165, 1.54) is 12.1 Å². The third-order valence-corrected chi connectivity index (χ3v) is 4.85. The molecule has 1 atom stereocenters. The third kappa shape index (κ3) is 3.94. The zero-order chi connectivity index (χ0) is 15.6. The topological polar surface area (TPSA) is 98.5 Å². The Hall–Kier alpha value is -1.15. The largest absolute Gasteiger partial charge is 0.376 e. The molecular formula is C13H17ClN2O4S. The van der Waals surface area contributed by atoms with Crippen molar-refractivity contribution in [2.24, 2.45) is 5.14 Å². The highest BCUT2D eigenvalue weighted by Gasteiger charge is 2.20. The van der Waals surface area contributed by atoms with E-state index in [9.17, 15) is 13.2 Å². The fraction of sp³-hybridized carbons (Fsp3) is 0.462. The fourth-order valence-corrected chi connectivity index (χ4v) is 3.32. The van der Waals surface area contributed by atoms with E-state index in [-0.39, 0.29) is 27.5 Å².